The van der Waals surface area contributed by atoms with E-state index in [1.165, 1.54) is 0 Å². The molecule has 0 saturated heterocycles. The Morgan fingerprint density at radius 1 is 1.18 bits per heavy atom. The van der Waals surface area contributed by atoms with Gasteiger partial charge in [-0.2, -0.15) is 0 Å². The quantitative estimate of drug-likeness (QED) is 0.611. The van der Waals surface area contributed by atoms with Gasteiger partial charge in [0.1, 0.15) is 5.82 Å². The number of aliphatic imine (C=N–C) groups is 1. The van der Waals surface area contributed by atoms with E-state index in [1.54, 1.807) is 7.05 Å². The van der Waals surface area contributed by atoms with Crippen LogP contribution in [0.5, 0.6) is 0 Å². The molecule has 0 saturated carbocycles. The Labute approximate surface area is 167 Å². The fraction of sp³-hybridized carbons (Fsp3) is 0.476. The Balaban J connectivity index is 2.14. The molecule has 2 aromatic rings. The van der Waals surface area contributed by atoms with Crippen LogP contribution in [-0.4, -0.2) is 62.0 Å². The van der Waals surface area contributed by atoms with Crippen molar-refractivity contribution < 1.29 is 4.79 Å². The van der Waals surface area contributed by atoms with Gasteiger partial charge in [-0.3, -0.25) is 9.79 Å². The second-order valence-electron chi connectivity index (χ2n) is 8.11. The molecule has 0 aliphatic carbocycles. The number of fused-ring (bicyclic) bond motifs is 1. The van der Waals surface area contributed by atoms with Crippen LogP contribution < -0.4 is 15.5 Å². The summed E-state index contributed by atoms with van der Waals surface area (Å²) in [7, 11) is 7.54. The number of amides is 1. The highest BCUT2D eigenvalue weighted by atomic mass is 16.2. The minimum absolute atomic E-state index is 0.0396. The summed E-state index contributed by atoms with van der Waals surface area (Å²) in [6, 6.07) is 10.2. The largest absolute Gasteiger partial charge is 0.363 e. The summed E-state index contributed by atoms with van der Waals surface area (Å²) >= 11 is 0. The van der Waals surface area contributed by atoms with Crippen molar-refractivity contribution in [3.8, 4) is 0 Å². The molecular weight excluding hydrogens is 352 g/mol. The SMILES string of the molecule is CN=C(NCc1cc(N(C)C)nc2ccccc12)N(C)CC(=O)NC(C)(C)C. The molecule has 1 aromatic carbocycles. The second-order valence-corrected chi connectivity index (χ2v) is 8.11. The third kappa shape index (κ3) is 5.84. The van der Waals surface area contributed by atoms with Crippen molar-refractivity contribution in [3.05, 3.63) is 35.9 Å². The minimum atomic E-state index is -0.257. The molecule has 1 amide bonds. The number of aromatic nitrogens is 1. The molecule has 2 N–H and O–H groups in total. The average molecular weight is 385 g/mol. The van der Waals surface area contributed by atoms with E-state index in [2.05, 4.69) is 27.8 Å². The zero-order valence-corrected chi connectivity index (χ0v) is 18.0. The number of guanidine groups is 1. The fourth-order valence-electron chi connectivity index (χ4n) is 2.91. The van der Waals surface area contributed by atoms with Gasteiger partial charge in [-0.25, -0.2) is 4.98 Å². The molecule has 0 unspecified atom stereocenters. The van der Waals surface area contributed by atoms with Crippen molar-refractivity contribution in [2.75, 3.05) is 39.6 Å². The van der Waals surface area contributed by atoms with Gasteiger partial charge in [-0.1, -0.05) is 18.2 Å². The number of nitrogens with one attached hydrogen (secondary N) is 2. The average Bonchev–Trinajstić information content (AvgIpc) is 2.60. The van der Waals surface area contributed by atoms with E-state index in [0.29, 0.717) is 12.5 Å². The second kappa shape index (κ2) is 8.91. The number of benzene rings is 1. The molecule has 0 spiro atoms. The molecule has 28 heavy (non-hydrogen) atoms. The molecule has 0 aliphatic heterocycles. The van der Waals surface area contributed by atoms with Crippen molar-refractivity contribution in [1.29, 1.82) is 0 Å². The van der Waals surface area contributed by atoms with Gasteiger partial charge in [0.15, 0.2) is 5.96 Å². The number of anilines is 1. The summed E-state index contributed by atoms with van der Waals surface area (Å²) < 4.78 is 0. The molecule has 7 nitrogen and oxygen atoms in total. The predicted molar refractivity (Wildman–Crippen MR) is 117 cm³/mol. The van der Waals surface area contributed by atoms with E-state index in [0.717, 1.165) is 22.3 Å². The normalized spacial score (nSPS) is 12.0. The Bertz CT molecular complexity index is 854. The summed E-state index contributed by atoms with van der Waals surface area (Å²) in [5, 5.41) is 7.43. The van der Waals surface area contributed by atoms with Gasteiger partial charge in [0, 0.05) is 45.7 Å². The maximum atomic E-state index is 12.2. The van der Waals surface area contributed by atoms with Crippen LogP contribution in [0.1, 0.15) is 26.3 Å². The lowest BCUT2D eigenvalue weighted by atomic mass is 10.1. The van der Waals surface area contributed by atoms with Crippen molar-refractivity contribution in [2.24, 2.45) is 4.99 Å². The smallest absolute Gasteiger partial charge is 0.240 e. The molecule has 0 aliphatic rings. The number of hydrogen-bond acceptors (Lipinski definition) is 4. The van der Waals surface area contributed by atoms with E-state index in [-0.39, 0.29) is 18.0 Å². The highest BCUT2D eigenvalue weighted by Crippen LogP contribution is 2.22. The van der Waals surface area contributed by atoms with E-state index in [1.807, 2.05) is 69.9 Å². The van der Waals surface area contributed by atoms with Crippen LogP contribution in [0, 0.1) is 0 Å². The highest BCUT2D eigenvalue weighted by Gasteiger charge is 2.17. The minimum Gasteiger partial charge on any atom is -0.363 e. The van der Waals surface area contributed by atoms with Gasteiger partial charge in [-0.05, 0) is 38.5 Å². The molecule has 1 aromatic heterocycles. The molecule has 0 atom stereocenters. The highest BCUT2D eigenvalue weighted by molar-refractivity contribution is 5.88. The molecule has 0 radical (unpaired) electrons. The van der Waals surface area contributed by atoms with Gasteiger partial charge in [0.25, 0.3) is 0 Å². The van der Waals surface area contributed by atoms with E-state index >= 15 is 0 Å². The number of carbonyl (C=O) groups excluding carboxylic acids is 1. The third-order valence-electron chi connectivity index (χ3n) is 4.15. The Morgan fingerprint density at radius 2 is 1.86 bits per heavy atom. The number of hydrogen-bond donors (Lipinski definition) is 2. The van der Waals surface area contributed by atoms with Crippen LogP contribution in [0.25, 0.3) is 10.9 Å². The molecule has 0 bridgehead atoms. The molecular formula is C21H32N6O. The Kier molecular flexibility index (Phi) is 6.83. The van der Waals surface area contributed by atoms with Gasteiger partial charge >= 0.3 is 0 Å². The van der Waals surface area contributed by atoms with Gasteiger partial charge in [0.2, 0.25) is 5.91 Å². The first kappa shape index (κ1) is 21.5. The fourth-order valence-corrected chi connectivity index (χ4v) is 2.91. The maximum absolute atomic E-state index is 12.2. The van der Waals surface area contributed by atoms with Gasteiger partial charge in [0.05, 0.1) is 12.1 Å². The molecule has 0 fully saturated rings. The third-order valence-corrected chi connectivity index (χ3v) is 4.15. The van der Waals surface area contributed by atoms with Crippen LogP contribution in [0.4, 0.5) is 5.82 Å². The summed E-state index contributed by atoms with van der Waals surface area (Å²) in [6.45, 7) is 6.72. The monoisotopic (exact) mass is 384 g/mol. The van der Waals surface area contributed by atoms with Crippen LogP contribution in [0.15, 0.2) is 35.3 Å². The standard InChI is InChI=1S/C21H32N6O/c1-21(2,3)25-19(28)14-27(7)20(22-4)23-13-15-12-18(26(5)6)24-17-11-9-8-10-16(15)17/h8-12H,13-14H2,1-7H3,(H,22,23)(H,25,28). The van der Waals surface area contributed by atoms with Crippen molar-refractivity contribution >= 4 is 28.6 Å². The Morgan fingerprint density at radius 3 is 2.46 bits per heavy atom. The van der Waals surface area contributed by atoms with Crippen molar-refractivity contribution in [3.63, 3.8) is 0 Å². The van der Waals surface area contributed by atoms with Crippen molar-refractivity contribution in [2.45, 2.75) is 32.9 Å². The summed E-state index contributed by atoms with van der Waals surface area (Å²) in [5.41, 5.74) is 1.83. The van der Waals surface area contributed by atoms with Crippen LogP contribution in [0.2, 0.25) is 0 Å². The maximum Gasteiger partial charge on any atom is 0.240 e. The molecule has 2 rings (SSSR count). The van der Waals surface area contributed by atoms with E-state index < -0.39 is 0 Å². The summed E-state index contributed by atoms with van der Waals surface area (Å²) in [6.07, 6.45) is 0. The predicted octanol–water partition coefficient (Wildman–Crippen LogP) is 2.22. The lowest BCUT2D eigenvalue weighted by molar-refractivity contribution is -0.122. The van der Waals surface area contributed by atoms with Crippen LogP contribution in [-0.2, 0) is 11.3 Å². The van der Waals surface area contributed by atoms with Gasteiger partial charge in [-0.15, -0.1) is 0 Å². The molecule has 7 heteroatoms. The number of rotatable bonds is 5. The van der Waals surface area contributed by atoms with E-state index in [4.69, 9.17) is 4.98 Å². The number of carbonyl (C=O) groups is 1. The number of para-hydroxylation sites is 1. The zero-order valence-electron chi connectivity index (χ0n) is 18.0. The van der Waals surface area contributed by atoms with Gasteiger partial charge < -0.3 is 20.4 Å². The topological polar surface area (TPSA) is 72.9 Å². The van der Waals surface area contributed by atoms with Crippen LogP contribution >= 0.6 is 0 Å². The Hall–Kier alpha value is -2.83. The zero-order chi connectivity index (χ0) is 20.9. The number of pyridine rings is 1. The van der Waals surface area contributed by atoms with Crippen molar-refractivity contribution in [1.82, 2.24) is 20.5 Å². The van der Waals surface area contributed by atoms with E-state index in [9.17, 15) is 4.79 Å². The first-order chi connectivity index (χ1) is 13.1. The first-order valence-corrected chi connectivity index (χ1v) is 9.39. The lowest BCUT2D eigenvalue weighted by Crippen LogP contribution is -2.48. The first-order valence-electron chi connectivity index (χ1n) is 9.39. The molecule has 1 heterocycles. The number of nitrogens with zero attached hydrogens (tertiary/aromatic N) is 4. The summed E-state index contributed by atoms with van der Waals surface area (Å²) in [5.74, 6) is 1.53. The number of likely N-dealkylation sites (N-methyl/N-ethyl adjacent to an activating group) is 1. The molecule has 152 valence electrons. The lowest BCUT2D eigenvalue weighted by Gasteiger charge is -2.25. The van der Waals surface area contributed by atoms with Crippen LogP contribution in [0.3, 0.4) is 0 Å². The summed E-state index contributed by atoms with van der Waals surface area (Å²) in [4.78, 5) is 25.0.